The maximum atomic E-state index is 12.4. The van der Waals surface area contributed by atoms with E-state index in [0.717, 1.165) is 6.42 Å². The summed E-state index contributed by atoms with van der Waals surface area (Å²) in [6.07, 6.45) is 3.47. The van der Waals surface area contributed by atoms with Crippen molar-refractivity contribution < 1.29 is 13.5 Å². The van der Waals surface area contributed by atoms with E-state index >= 15 is 0 Å². The predicted octanol–water partition coefficient (Wildman–Crippen LogP) is 2.20. The molecule has 0 amide bonds. The van der Waals surface area contributed by atoms with Crippen LogP contribution in [0.1, 0.15) is 37.3 Å². The highest BCUT2D eigenvalue weighted by molar-refractivity contribution is 7.89. The van der Waals surface area contributed by atoms with Crippen molar-refractivity contribution in [2.24, 2.45) is 11.8 Å². The van der Waals surface area contributed by atoms with Gasteiger partial charge in [-0.3, -0.25) is 0 Å². The van der Waals surface area contributed by atoms with Crippen LogP contribution >= 0.6 is 0 Å². The largest absolute Gasteiger partial charge is 0.392 e. The van der Waals surface area contributed by atoms with Gasteiger partial charge in [-0.1, -0.05) is 31.9 Å². The predicted molar refractivity (Wildman–Crippen MR) is 78.8 cm³/mol. The third kappa shape index (κ3) is 3.40. The highest BCUT2D eigenvalue weighted by Gasteiger charge is 2.25. The summed E-state index contributed by atoms with van der Waals surface area (Å²) in [5.41, 5.74) is 1.32. The Labute approximate surface area is 121 Å². The van der Waals surface area contributed by atoms with Crippen LogP contribution in [0.25, 0.3) is 0 Å². The standard InChI is InChI=1S/C15H23NO3S/c1-11-4-3-5-14(11)9-16-20(18,19)15-8-13(10-17)7-6-12(15)2/h6-8,11,14,16-17H,3-5,9-10H2,1-2H3. The highest BCUT2D eigenvalue weighted by Crippen LogP contribution is 2.30. The first-order chi connectivity index (χ1) is 9.44. The Morgan fingerprint density at radius 2 is 2.10 bits per heavy atom. The summed E-state index contributed by atoms with van der Waals surface area (Å²) >= 11 is 0. The van der Waals surface area contributed by atoms with E-state index in [0.29, 0.717) is 29.5 Å². The molecule has 0 aromatic heterocycles. The van der Waals surface area contributed by atoms with Gasteiger partial charge in [-0.2, -0.15) is 0 Å². The highest BCUT2D eigenvalue weighted by atomic mass is 32.2. The molecule has 0 bridgehead atoms. The quantitative estimate of drug-likeness (QED) is 0.875. The lowest BCUT2D eigenvalue weighted by atomic mass is 9.99. The van der Waals surface area contributed by atoms with Gasteiger partial charge in [-0.05, 0) is 42.4 Å². The third-order valence-corrected chi connectivity index (χ3v) is 5.86. The molecule has 112 valence electrons. The molecule has 1 aliphatic rings. The molecule has 5 heteroatoms. The fourth-order valence-electron chi connectivity index (χ4n) is 2.85. The Morgan fingerprint density at radius 3 is 2.70 bits per heavy atom. The van der Waals surface area contributed by atoms with Crippen molar-refractivity contribution in [2.75, 3.05) is 6.54 Å². The van der Waals surface area contributed by atoms with Gasteiger partial charge in [0.2, 0.25) is 10.0 Å². The third-order valence-electron chi connectivity index (χ3n) is 4.30. The van der Waals surface area contributed by atoms with Gasteiger partial charge in [0.1, 0.15) is 0 Å². The number of sulfonamides is 1. The molecule has 0 saturated heterocycles. The molecule has 0 heterocycles. The van der Waals surface area contributed by atoms with Gasteiger partial charge in [0.25, 0.3) is 0 Å². The Morgan fingerprint density at radius 1 is 1.35 bits per heavy atom. The summed E-state index contributed by atoms with van der Waals surface area (Å²) in [5, 5.41) is 9.14. The lowest BCUT2D eigenvalue weighted by Crippen LogP contribution is -2.30. The van der Waals surface area contributed by atoms with E-state index in [4.69, 9.17) is 5.11 Å². The number of aryl methyl sites for hydroxylation is 1. The molecular formula is C15H23NO3S. The van der Waals surface area contributed by atoms with Crippen LogP contribution < -0.4 is 4.72 Å². The van der Waals surface area contributed by atoms with E-state index in [9.17, 15) is 8.42 Å². The minimum Gasteiger partial charge on any atom is -0.392 e. The molecule has 4 nitrogen and oxygen atoms in total. The number of hydrogen-bond acceptors (Lipinski definition) is 3. The number of aliphatic hydroxyl groups is 1. The van der Waals surface area contributed by atoms with Crippen molar-refractivity contribution in [3.05, 3.63) is 29.3 Å². The Balaban J connectivity index is 2.13. The molecule has 2 atom stereocenters. The van der Waals surface area contributed by atoms with Gasteiger partial charge in [-0.15, -0.1) is 0 Å². The lowest BCUT2D eigenvalue weighted by Gasteiger charge is -2.17. The van der Waals surface area contributed by atoms with Gasteiger partial charge >= 0.3 is 0 Å². The molecule has 2 unspecified atom stereocenters. The normalized spacial score (nSPS) is 23.1. The molecule has 1 saturated carbocycles. The average Bonchev–Trinajstić information content (AvgIpc) is 2.82. The van der Waals surface area contributed by atoms with Crippen LogP contribution in [0.3, 0.4) is 0 Å². The van der Waals surface area contributed by atoms with Gasteiger partial charge in [0.05, 0.1) is 11.5 Å². The molecule has 20 heavy (non-hydrogen) atoms. The molecule has 1 fully saturated rings. The fraction of sp³-hybridized carbons (Fsp3) is 0.600. The molecule has 2 rings (SSSR count). The molecule has 2 N–H and O–H groups in total. The summed E-state index contributed by atoms with van der Waals surface area (Å²) in [6.45, 7) is 4.31. The molecular weight excluding hydrogens is 274 g/mol. The van der Waals surface area contributed by atoms with Gasteiger partial charge in [0, 0.05) is 6.54 Å². The zero-order valence-electron chi connectivity index (χ0n) is 12.1. The number of rotatable bonds is 5. The van der Waals surface area contributed by atoms with Crippen molar-refractivity contribution in [3.8, 4) is 0 Å². The Hall–Kier alpha value is -0.910. The summed E-state index contributed by atoms with van der Waals surface area (Å²) in [4.78, 5) is 0.273. The molecule has 0 spiro atoms. The summed E-state index contributed by atoms with van der Waals surface area (Å²) < 4.78 is 27.5. The first-order valence-corrected chi connectivity index (χ1v) is 8.62. The maximum absolute atomic E-state index is 12.4. The second-order valence-electron chi connectivity index (χ2n) is 5.78. The molecule has 1 aromatic carbocycles. The second kappa shape index (κ2) is 6.24. The van der Waals surface area contributed by atoms with Gasteiger partial charge in [-0.25, -0.2) is 13.1 Å². The van der Waals surface area contributed by atoms with Crippen molar-refractivity contribution in [2.45, 2.75) is 44.6 Å². The van der Waals surface area contributed by atoms with Crippen LogP contribution in [-0.2, 0) is 16.6 Å². The summed E-state index contributed by atoms with van der Waals surface area (Å²) in [5.74, 6) is 1.02. The van der Waals surface area contributed by atoms with Crippen LogP contribution in [0, 0.1) is 18.8 Å². The van der Waals surface area contributed by atoms with E-state index in [1.807, 2.05) is 0 Å². The number of nitrogens with one attached hydrogen (secondary N) is 1. The SMILES string of the molecule is Cc1ccc(CO)cc1S(=O)(=O)NCC1CCCC1C. The van der Waals surface area contributed by atoms with Gasteiger partial charge < -0.3 is 5.11 Å². The topological polar surface area (TPSA) is 66.4 Å². The van der Waals surface area contributed by atoms with Crippen molar-refractivity contribution >= 4 is 10.0 Å². The van der Waals surface area contributed by atoms with Crippen LogP contribution in [0.15, 0.2) is 23.1 Å². The second-order valence-corrected chi connectivity index (χ2v) is 7.51. The molecule has 0 radical (unpaired) electrons. The zero-order chi connectivity index (χ0) is 14.8. The fourth-order valence-corrected chi connectivity index (χ4v) is 4.24. The van der Waals surface area contributed by atoms with E-state index < -0.39 is 10.0 Å². The average molecular weight is 297 g/mol. The van der Waals surface area contributed by atoms with Gasteiger partial charge in [0.15, 0.2) is 0 Å². The minimum absolute atomic E-state index is 0.150. The number of aliphatic hydroxyl groups excluding tert-OH is 1. The molecule has 0 aliphatic heterocycles. The smallest absolute Gasteiger partial charge is 0.240 e. The minimum atomic E-state index is -3.50. The van der Waals surface area contributed by atoms with Crippen molar-refractivity contribution in [3.63, 3.8) is 0 Å². The van der Waals surface area contributed by atoms with E-state index in [-0.39, 0.29) is 11.5 Å². The van der Waals surface area contributed by atoms with Crippen LogP contribution in [0.4, 0.5) is 0 Å². The summed E-state index contributed by atoms with van der Waals surface area (Å²) in [7, 11) is -3.50. The molecule has 1 aliphatic carbocycles. The van der Waals surface area contributed by atoms with Crippen LogP contribution in [0.5, 0.6) is 0 Å². The van der Waals surface area contributed by atoms with Crippen LogP contribution in [-0.4, -0.2) is 20.1 Å². The Kier molecular flexibility index (Phi) is 4.83. The number of hydrogen-bond donors (Lipinski definition) is 2. The monoisotopic (exact) mass is 297 g/mol. The lowest BCUT2D eigenvalue weighted by molar-refractivity contribution is 0.281. The van der Waals surface area contributed by atoms with E-state index in [1.54, 1.807) is 25.1 Å². The number of benzene rings is 1. The first kappa shape index (κ1) is 15.5. The maximum Gasteiger partial charge on any atom is 0.240 e. The van der Waals surface area contributed by atoms with E-state index in [1.165, 1.54) is 12.8 Å². The van der Waals surface area contributed by atoms with Crippen molar-refractivity contribution in [1.29, 1.82) is 0 Å². The van der Waals surface area contributed by atoms with Crippen molar-refractivity contribution in [1.82, 2.24) is 4.72 Å². The molecule has 1 aromatic rings. The summed E-state index contributed by atoms with van der Waals surface area (Å²) in [6, 6.07) is 5.03. The van der Waals surface area contributed by atoms with Crippen LogP contribution in [0.2, 0.25) is 0 Å². The van der Waals surface area contributed by atoms with E-state index in [2.05, 4.69) is 11.6 Å². The first-order valence-electron chi connectivity index (χ1n) is 7.14. The zero-order valence-corrected chi connectivity index (χ0v) is 12.9. The Bertz CT molecular complexity index is 568.